The van der Waals surface area contributed by atoms with Crippen LogP contribution in [-0.2, 0) is 28.7 Å². The second-order valence-corrected chi connectivity index (χ2v) is 5.03. The summed E-state index contributed by atoms with van der Waals surface area (Å²) >= 11 is 0. The van der Waals surface area contributed by atoms with Gasteiger partial charge in [-0.3, -0.25) is 19.2 Å². The number of hydrogen-bond acceptors (Lipinski definition) is 6. The van der Waals surface area contributed by atoms with Gasteiger partial charge in [0, 0.05) is 13.3 Å². The summed E-state index contributed by atoms with van der Waals surface area (Å²) in [5, 5.41) is 17.1. The van der Waals surface area contributed by atoms with E-state index >= 15 is 0 Å². The Balaban J connectivity index is 4.71. The van der Waals surface area contributed by atoms with Crippen molar-refractivity contribution in [2.75, 3.05) is 0 Å². The Bertz CT molecular complexity index is 385. The SMILES string of the molecule is CCCCCCC(C)(OC(=O)CC(=O)O)OC(=O)CC(=O)O. The average Bonchev–Trinajstić information content (AvgIpc) is 2.31. The fraction of sp³-hybridized carbons (Fsp3) is 0.714. The van der Waals surface area contributed by atoms with Crippen LogP contribution in [-0.4, -0.2) is 39.9 Å². The molecule has 0 saturated carbocycles. The van der Waals surface area contributed by atoms with Gasteiger partial charge in [-0.2, -0.15) is 0 Å². The number of aliphatic carboxylic acids is 2. The molecule has 8 nitrogen and oxygen atoms in total. The van der Waals surface area contributed by atoms with Crippen LogP contribution in [0.25, 0.3) is 0 Å². The minimum atomic E-state index is -1.66. The number of carbonyl (C=O) groups excluding carboxylic acids is 2. The lowest BCUT2D eigenvalue weighted by atomic mass is 10.1. The van der Waals surface area contributed by atoms with Gasteiger partial charge in [0.05, 0.1) is 0 Å². The topological polar surface area (TPSA) is 127 Å². The zero-order valence-electron chi connectivity index (χ0n) is 12.8. The lowest BCUT2D eigenvalue weighted by Gasteiger charge is -2.29. The molecule has 0 spiro atoms. The molecule has 0 rings (SSSR count). The first-order valence-corrected chi connectivity index (χ1v) is 7.06. The number of ether oxygens (including phenoxy) is 2. The molecule has 0 heterocycles. The second-order valence-electron chi connectivity index (χ2n) is 5.03. The molecule has 0 aromatic heterocycles. The molecule has 0 radical (unpaired) electrons. The number of esters is 2. The first-order chi connectivity index (χ1) is 10.2. The summed E-state index contributed by atoms with van der Waals surface area (Å²) in [5.41, 5.74) is 0. The molecule has 126 valence electrons. The van der Waals surface area contributed by atoms with E-state index in [2.05, 4.69) is 0 Å². The summed E-state index contributed by atoms with van der Waals surface area (Å²) in [6.45, 7) is 3.33. The first kappa shape index (κ1) is 19.9. The molecule has 2 N–H and O–H groups in total. The van der Waals surface area contributed by atoms with Crippen LogP contribution in [0.2, 0.25) is 0 Å². The van der Waals surface area contributed by atoms with Crippen LogP contribution in [0.1, 0.15) is 58.8 Å². The largest absolute Gasteiger partial charge is 0.481 e. The average molecular weight is 318 g/mol. The van der Waals surface area contributed by atoms with Crippen LogP contribution in [0.4, 0.5) is 0 Å². The van der Waals surface area contributed by atoms with Gasteiger partial charge >= 0.3 is 23.9 Å². The quantitative estimate of drug-likeness (QED) is 0.255. The van der Waals surface area contributed by atoms with E-state index in [1.807, 2.05) is 6.92 Å². The summed E-state index contributed by atoms with van der Waals surface area (Å²) in [5.74, 6) is -6.49. The van der Waals surface area contributed by atoms with E-state index < -0.39 is 42.5 Å². The van der Waals surface area contributed by atoms with Crippen LogP contribution in [0.15, 0.2) is 0 Å². The Morgan fingerprint density at radius 1 is 0.864 bits per heavy atom. The minimum absolute atomic E-state index is 0.170. The molecular weight excluding hydrogens is 296 g/mol. The van der Waals surface area contributed by atoms with E-state index in [1.165, 1.54) is 6.92 Å². The molecule has 0 atom stereocenters. The molecule has 0 aromatic rings. The fourth-order valence-corrected chi connectivity index (χ4v) is 1.80. The Morgan fingerprint density at radius 2 is 1.32 bits per heavy atom. The molecule has 0 fully saturated rings. The van der Waals surface area contributed by atoms with Crippen molar-refractivity contribution in [1.82, 2.24) is 0 Å². The van der Waals surface area contributed by atoms with Crippen molar-refractivity contribution >= 4 is 23.9 Å². The van der Waals surface area contributed by atoms with Gasteiger partial charge in [0.2, 0.25) is 0 Å². The Kier molecular flexibility index (Phi) is 8.81. The minimum Gasteiger partial charge on any atom is -0.481 e. The zero-order valence-corrected chi connectivity index (χ0v) is 12.8. The molecular formula is C14H22O8. The molecule has 0 aromatic carbocycles. The molecule has 8 heteroatoms. The molecule has 0 amide bonds. The third-order valence-electron chi connectivity index (χ3n) is 2.74. The van der Waals surface area contributed by atoms with Crippen molar-refractivity contribution < 1.29 is 38.9 Å². The van der Waals surface area contributed by atoms with Crippen molar-refractivity contribution in [3.8, 4) is 0 Å². The molecule has 0 aliphatic heterocycles. The summed E-state index contributed by atoms with van der Waals surface area (Å²) < 4.78 is 9.85. The van der Waals surface area contributed by atoms with Gasteiger partial charge < -0.3 is 19.7 Å². The number of carboxylic acids is 2. The number of hydrogen-bond donors (Lipinski definition) is 2. The standard InChI is InChI=1S/C14H22O8/c1-3-4-5-6-7-14(2,21-12(19)8-10(15)16)22-13(20)9-11(17)18/h3-9H2,1-2H3,(H,15,16)(H,17,18). The van der Waals surface area contributed by atoms with E-state index in [-0.39, 0.29) is 6.42 Å². The van der Waals surface area contributed by atoms with E-state index in [4.69, 9.17) is 19.7 Å². The van der Waals surface area contributed by atoms with Gasteiger partial charge in [-0.25, -0.2) is 0 Å². The maximum Gasteiger partial charge on any atom is 0.320 e. The molecule has 0 bridgehead atoms. The van der Waals surface area contributed by atoms with E-state index in [0.29, 0.717) is 6.42 Å². The lowest BCUT2D eigenvalue weighted by Crippen LogP contribution is -2.38. The fourth-order valence-electron chi connectivity index (χ4n) is 1.80. The summed E-state index contributed by atoms with van der Waals surface area (Å²) in [4.78, 5) is 43.9. The first-order valence-electron chi connectivity index (χ1n) is 7.06. The Hall–Kier alpha value is -2.12. The van der Waals surface area contributed by atoms with E-state index in [0.717, 1.165) is 19.3 Å². The summed E-state index contributed by atoms with van der Waals surface area (Å²) in [6.07, 6.45) is 1.78. The number of rotatable bonds is 11. The second kappa shape index (κ2) is 9.75. The van der Waals surface area contributed by atoms with E-state index in [9.17, 15) is 19.2 Å². The normalized spacial score (nSPS) is 10.8. The number of unbranched alkanes of at least 4 members (excludes halogenated alkanes) is 3. The van der Waals surface area contributed by atoms with Crippen LogP contribution in [0.3, 0.4) is 0 Å². The highest BCUT2D eigenvalue weighted by Gasteiger charge is 2.33. The Labute approximate surface area is 128 Å². The van der Waals surface area contributed by atoms with Gasteiger partial charge in [-0.1, -0.05) is 26.2 Å². The monoisotopic (exact) mass is 318 g/mol. The van der Waals surface area contributed by atoms with Crippen LogP contribution >= 0.6 is 0 Å². The molecule has 0 unspecified atom stereocenters. The maximum atomic E-state index is 11.5. The highest BCUT2D eigenvalue weighted by Crippen LogP contribution is 2.23. The van der Waals surface area contributed by atoms with Crippen molar-refractivity contribution in [3.63, 3.8) is 0 Å². The number of carboxylic acid groups (broad SMARTS) is 2. The molecule has 0 aliphatic carbocycles. The van der Waals surface area contributed by atoms with Crippen molar-refractivity contribution in [2.45, 2.75) is 64.6 Å². The van der Waals surface area contributed by atoms with Crippen molar-refractivity contribution in [2.24, 2.45) is 0 Å². The van der Waals surface area contributed by atoms with Gasteiger partial charge in [0.25, 0.3) is 5.79 Å². The maximum absolute atomic E-state index is 11.5. The lowest BCUT2D eigenvalue weighted by molar-refractivity contribution is -0.225. The third kappa shape index (κ3) is 9.73. The molecule has 22 heavy (non-hydrogen) atoms. The predicted molar refractivity (Wildman–Crippen MR) is 73.9 cm³/mol. The highest BCUT2D eigenvalue weighted by molar-refractivity contribution is 5.91. The highest BCUT2D eigenvalue weighted by atomic mass is 16.7. The summed E-state index contributed by atoms with van der Waals surface area (Å²) in [7, 11) is 0. The molecule has 0 saturated heterocycles. The van der Waals surface area contributed by atoms with Gasteiger partial charge in [0.15, 0.2) is 0 Å². The summed E-state index contributed by atoms with van der Waals surface area (Å²) in [6, 6.07) is 0. The smallest absolute Gasteiger partial charge is 0.320 e. The Morgan fingerprint density at radius 3 is 1.68 bits per heavy atom. The van der Waals surface area contributed by atoms with Crippen molar-refractivity contribution in [1.29, 1.82) is 0 Å². The zero-order chi connectivity index (χ0) is 17.2. The van der Waals surface area contributed by atoms with Crippen LogP contribution < -0.4 is 0 Å². The van der Waals surface area contributed by atoms with Crippen LogP contribution in [0, 0.1) is 0 Å². The predicted octanol–water partition coefficient (Wildman–Crippen LogP) is 1.71. The van der Waals surface area contributed by atoms with Gasteiger partial charge in [0.1, 0.15) is 12.8 Å². The van der Waals surface area contributed by atoms with E-state index in [1.54, 1.807) is 0 Å². The molecule has 0 aliphatic rings. The van der Waals surface area contributed by atoms with Gasteiger partial charge in [-0.15, -0.1) is 0 Å². The van der Waals surface area contributed by atoms with Crippen LogP contribution in [0.5, 0.6) is 0 Å². The van der Waals surface area contributed by atoms with Gasteiger partial charge in [-0.05, 0) is 6.42 Å². The third-order valence-corrected chi connectivity index (χ3v) is 2.74. The number of carbonyl (C=O) groups is 4. The van der Waals surface area contributed by atoms with Crippen molar-refractivity contribution in [3.05, 3.63) is 0 Å².